The number of halogens is 3. The van der Waals surface area contributed by atoms with Crippen LogP contribution in [0.5, 0.6) is 0 Å². The van der Waals surface area contributed by atoms with Crippen LogP contribution in [0.2, 0.25) is 5.02 Å². The molecule has 236 valence electrons. The maximum atomic E-state index is 15.3. The lowest BCUT2D eigenvalue weighted by Gasteiger charge is -2.40. The number of nitrogens with one attached hydrogen (secondary N) is 3. The van der Waals surface area contributed by atoms with Crippen LogP contribution in [-0.4, -0.2) is 54.8 Å². The molecule has 1 fully saturated rings. The second-order valence-electron chi connectivity index (χ2n) is 11.0. The molecule has 0 radical (unpaired) electrons. The highest BCUT2D eigenvalue weighted by Gasteiger charge is 2.37. The number of benzene rings is 3. The summed E-state index contributed by atoms with van der Waals surface area (Å²) in [6, 6.07) is 19.3. The molecule has 0 unspecified atom stereocenters. The van der Waals surface area contributed by atoms with Crippen LogP contribution in [0.25, 0.3) is 0 Å². The van der Waals surface area contributed by atoms with Gasteiger partial charge >= 0.3 is 0 Å². The normalized spacial score (nSPS) is 17.9. The molecule has 3 N–H and O–H groups in total. The summed E-state index contributed by atoms with van der Waals surface area (Å²) in [4.78, 5) is 17.7. The molecule has 2 heterocycles. The van der Waals surface area contributed by atoms with Crippen LogP contribution in [0.1, 0.15) is 24.5 Å². The fourth-order valence-electron chi connectivity index (χ4n) is 5.59. The maximum absolute atomic E-state index is 15.3. The van der Waals surface area contributed by atoms with E-state index in [-0.39, 0.29) is 35.0 Å². The van der Waals surface area contributed by atoms with E-state index in [4.69, 9.17) is 11.6 Å². The maximum Gasteiger partial charge on any atom is 0.247 e. The first kappa shape index (κ1) is 32.5. The molecule has 12 heteroatoms. The van der Waals surface area contributed by atoms with E-state index < -0.39 is 39.6 Å². The minimum absolute atomic E-state index is 0.172. The van der Waals surface area contributed by atoms with Gasteiger partial charge in [0.05, 0.1) is 23.0 Å². The Bertz CT molecular complexity index is 1730. The summed E-state index contributed by atoms with van der Waals surface area (Å²) < 4.78 is 58.0. The predicted octanol–water partition coefficient (Wildman–Crippen LogP) is 5.66. The summed E-state index contributed by atoms with van der Waals surface area (Å²) in [6.45, 7) is 2.74. The monoisotopic (exact) mass is 653 g/mol. The van der Waals surface area contributed by atoms with Crippen molar-refractivity contribution in [1.82, 2.24) is 14.6 Å². The summed E-state index contributed by atoms with van der Waals surface area (Å²) in [5.41, 5.74) is 1.64. The molecule has 0 saturated carbocycles. The Morgan fingerprint density at radius 1 is 1.04 bits per heavy atom. The van der Waals surface area contributed by atoms with Crippen LogP contribution in [0, 0.1) is 11.6 Å². The summed E-state index contributed by atoms with van der Waals surface area (Å²) in [5.74, 6) is -1.55. The van der Waals surface area contributed by atoms with E-state index in [2.05, 4.69) is 20.9 Å². The molecule has 1 aromatic heterocycles. The van der Waals surface area contributed by atoms with Crippen molar-refractivity contribution in [3.8, 4) is 0 Å². The Labute approximate surface area is 266 Å². The highest BCUT2D eigenvalue weighted by molar-refractivity contribution is 7.89. The third-order valence-electron chi connectivity index (χ3n) is 7.75. The minimum Gasteiger partial charge on any atom is -0.372 e. The largest absolute Gasteiger partial charge is 0.372 e. The Balaban J connectivity index is 1.37. The number of amides is 1. The third-order valence-corrected chi connectivity index (χ3v) is 10.1. The van der Waals surface area contributed by atoms with Crippen LogP contribution in [0.4, 0.5) is 20.2 Å². The average Bonchev–Trinajstić information content (AvgIpc) is 3.02. The first-order chi connectivity index (χ1) is 21.6. The van der Waals surface area contributed by atoms with E-state index in [0.29, 0.717) is 30.2 Å². The van der Waals surface area contributed by atoms with Crippen molar-refractivity contribution in [2.45, 2.75) is 49.2 Å². The van der Waals surface area contributed by atoms with Crippen molar-refractivity contribution < 1.29 is 22.0 Å². The lowest BCUT2D eigenvalue weighted by Crippen LogP contribution is -2.58. The molecule has 0 aliphatic carbocycles. The van der Waals surface area contributed by atoms with E-state index in [1.807, 2.05) is 6.92 Å². The molecule has 1 aliphatic rings. The van der Waals surface area contributed by atoms with E-state index in [1.54, 1.807) is 60.7 Å². The zero-order valence-electron chi connectivity index (χ0n) is 24.6. The second-order valence-corrected chi connectivity index (χ2v) is 13.3. The van der Waals surface area contributed by atoms with Gasteiger partial charge in [-0.15, -0.1) is 0 Å². The van der Waals surface area contributed by atoms with Crippen LogP contribution < -0.4 is 16.0 Å². The van der Waals surface area contributed by atoms with Crippen molar-refractivity contribution in [3.63, 3.8) is 0 Å². The predicted molar refractivity (Wildman–Crippen MR) is 172 cm³/mol. The highest BCUT2D eigenvalue weighted by Crippen LogP contribution is 2.28. The lowest BCUT2D eigenvalue weighted by molar-refractivity contribution is -0.116. The summed E-state index contributed by atoms with van der Waals surface area (Å²) >= 11 is 6.04. The Hall–Kier alpha value is -3.90. The van der Waals surface area contributed by atoms with Crippen LogP contribution in [-0.2, 0) is 27.7 Å². The smallest absolute Gasteiger partial charge is 0.247 e. The molecule has 1 amide bonds. The molecule has 5 rings (SSSR count). The number of hydrogen-bond acceptors (Lipinski definition) is 6. The summed E-state index contributed by atoms with van der Waals surface area (Å²) in [6.07, 6.45) is 3.18. The highest BCUT2D eigenvalue weighted by atomic mass is 35.5. The van der Waals surface area contributed by atoms with Crippen LogP contribution in [0.3, 0.4) is 0 Å². The summed E-state index contributed by atoms with van der Waals surface area (Å²) in [7, 11) is -3.80. The zero-order valence-corrected chi connectivity index (χ0v) is 26.2. The third kappa shape index (κ3) is 8.04. The number of aromatic nitrogens is 1. The number of sulfonamides is 1. The molecule has 1 saturated heterocycles. The fraction of sp³-hybridized carbons (Fsp3) is 0.273. The van der Waals surface area contributed by atoms with Gasteiger partial charge < -0.3 is 16.0 Å². The second kappa shape index (κ2) is 14.5. The standard InChI is InChI=1S/C33H34ClF2N5O3S/c1-22-18-37-21-27(41(22)45(43,44)28-6-3-2-4-7-28)14-15-29-30(36)8-5-9-31(29)40-33(42)32(16-23-10-12-24(34)13-11-23)39-26-17-25(35)19-38-20-26/h2-13,17,19-20,22,27,32,37,39H,14-16,18,21H2,1H3,(H,40,42)/t22-,27-,32-/m0/s1. The number of rotatable bonds is 11. The van der Waals surface area contributed by atoms with E-state index >= 15 is 4.39 Å². The zero-order chi connectivity index (χ0) is 32.0. The number of carbonyl (C=O) groups excluding carboxylic acids is 1. The van der Waals surface area contributed by atoms with Gasteiger partial charge in [-0.2, -0.15) is 4.31 Å². The lowest BCUT2D eigenvalue weighted by atomic mass is 10.00. The van der Waals surface area contributed by atoms with Gasteiger partial charge in [0, 0.05) is 53.9 Å². The van der Waals surface area contributed by atoms with Crippen LogP contribution in [0.15, 0.2) is 96.2 Å². The average molecular weight is 654 g/mol. The topological polar surface area (TPSA) is 103 Å². The molecule has 8 nitrogen and oxygen atoms in total. The van der Waals surface area contributed by atoms with Gasteiger partial charge in [0.2, 0.25) is 15.9 Å². The van der Waals surface area contributed by atoms with Gasteiger partial charge in [0.25, 0.3) is 0 Å². The summed E-state index contributed by atoms with van der Waals surface area (Å²) in [5, 5.41) is 9.73. The number of nitrogens with zero attached hydrogens (tertiary/aromatic N) is 2. The molecule has 3 aromatic carbocycles. The number of carbonyl (C=O) groups is 1. The first-order valence-corrected chi connectivity index (χ1v) is 16.4. The molecule has 4 aromatic rings. The van der Waals surface area contributed by atoms with Crippen molar-refractivity contribution in [2.24, 2.45) is 0 Å². The van der Waals surface area contributed by atoms with Gasteiger partial charge in [-0.3, -0.25) is 9.78 Å². The van der Waals surface area contributed by atoms with Crippen LogP contribution >= 0.6 is 11.6 Å². The van der Waals surface area contributed by atoms with Gasteiger partial charge in [-0.1, -0.05) is 48.0 Å². The van der Waals surface area contributed by atoms with Gasteiger partial charge in [-0.25, -0.2) is 17.2 Å². The number of anilines is 2. The SMILES string of the molecule is C[C@H]1CNC[C@H](CCc2c(F)cccc2NC(=O)[C@H](Cc2ccc(Cl)cc2)Nc2cncc(F)c2)N1S(=O)(=O)c1ccccc1. The van der Waals surface area contributed by atoms with Gasteiger partial charge in [0.1, 0.15) is 17.7 Å². The number of piperazine rings is 1. The molecule has 45 heavy (non-hydrogen) atoms. The van der Waals surface area contributed by atoms with Gasteiger partial charge in [0.15, 0.2) is 0 Å². The fourth-order valence-corrected chi connectivity index (χ4v) is 7.58. The van der Waals surface area contributed by atoms with Crippen molar-refractivity contribution >= 4 is 38.9 Å². The van der Waals surface area contributed by atoms with E-state index in [9.17, 15) is 17.6 Å². The van der Waals surface area contributed by atoms with E-state index in [1.165, 1.54) is 28.7 Å². The quantitative estimate of drug-likeness (QED) is 0.193. The Morgan fingerprint density at radius 2 is 1.80 bits per heavy atom. The van der Waals surface area contributed by atoms with Crippen molar-refractivity contribution in [1.29, 1.82) is 0 Å². The van der Waals surface area contributed by atoms with Crippen molar-refractivity contribution in [2.75, 3.05) is 23.7 Å². The number of hydrogen-bond donors (Lipinski definition) is 3. The Kier molecular flexibility index (Phi) is 10.4. The molecule has 0 spiro atoms. The molecular formula is C33H34ClF2N5O3S. The van der Waals surface area contributed by atoms with Crippen molar-refractivity contribution in [3.05, 3.63) is 119 Å². The van der Waals surface area contributed by atoms with E-state index in [0.717, 1.165) is 11.8 Å². The molecule has 0 bridgehead atoms. The first-order valence-electron chi connectivity index (χ1n) is 14.6. The molecule has 3 atom stereocenters. The minimum atomic E-state index is -3.80. The molecule has 1 aliphatic heterocycles. The Morgan fingerprint density at radius 3 is 2.53 bits per heavy atom. The van der Waals surface area contributed by atoms with Gasteiger partial charge in [-0.05, 0) is 61.7 Å². The molecular weight excluding hydrogens is 620 g/mol. The number of pyridine rings is 1.